The van der Waals surface area contributed by atoms with Gasteiger partial charge < -0.3 is 20.1 Å². The van der Waals surface area contributed by atoms with Crippen molar-refractivity contribution in [2.24, 2.45) is 0 Å². The van der Waals surface area contributed by atoms with Gasteiger partial charge in [-0.05, 0) is 48.0 Å². The van der Waals surface area contributed by atoms with Gasteiger partial charge in [-0.2, -0.15) is 0 Å². The highest BCUT2D eigenvalue weighted by atomic mass is 79.9. The van der Waals surface area contributed by atoms with E-state index in [0.29, 0.717) is 0 Å². The van der Waals surface area contributed by atoms with Crippen LogP contribution in [0.5, 0.6) is 11.5 Å². The van der Waals surface area contributed by atoms with Gasteiger partial charge in [-0.25, -0.2) is 0 Å². The first-order valence-electron chi connectivity index (χ1n) is 6.44. The third kappa shape index (κ3) is 3.41. The molecule has 1 atom stereocenters. The number of hydrogen-bond acceptors (Lipinski definition) is 4. The van der Waals surface area contributed by atoms with Crippen molar-refractivity contribution < 1.29 is 9.47 Å². The fourth-order valence-corrected chi connectivity index (χ4v) is 2.82. The number of ether oxygens (including phenoxy) is 2. The van der Waals surface area contributed by atoms with Gasteiger partial charge in [0.1, 0.15) is 11.5 Å². The molecule has 0 aromatic heterocycles. The second kappa shape index (κ2) is 6.11. The number of rotatable bonds is 5. The second-order valence-electron chi connectivity index (χ2n) is 5.14. The molecular formula is C14H21BrN2O2. The Morgan fingerprint density at radius 1 is 1.32 bits per heavy atom. The molecule has 0 radical (unpaired) electrons. The van der Waals surface area contributed by atoms with E-state index in [9.17, 15) is 0 Å². The predicted octanol–water partition coefficient (Wildman–Crippen LogP) is 2.31. The Hall–Kier alpha value is -0.780. The van der Waals surface area contributed by atoms with E-state index in [2.05, 4.69) is 33.5 Å². The fraction of sp³-hybridized carbons (Fsp3) is 0.571. The number of nitrogens with one attached hydrogen (secondary N) is 2. The maximum atomic E-state index is 5.43. The van der Waals surface area contributed by atoms with Crippen molar-refractivity contribution in [1.82, 2.24) is 10.6 Å². The highest BCUT2D eigenvalue weighted by Gasteiger charge is 2.27. The Morgan fingerprint density at radius 2 is 2.05 bits per heavy atom. The molecule has 1 heterocycles. The third-order valence-electron chi connectivity index (χ3n) is 3.63. The Labute approximate surface area is 123 Å². The first-order valence-corrected chi connectivity index (χ1v) is 7.23. The van der Waals surface area contributed by atoms with Crippen LogP contribution in [-0.2, 0) is 6.54 Å². The summed E-state index contributed by atoms with van der Waals surface area (Å²) in [7, 11) is 3.36. The van der Waals surface area contributed by atoms with Gasteiger partial charge in [0.25, 0.3) is 0 Å². The average Bonchev–Trinajstić information content (AvgIpc) is 2.84. The molecule has 0 aliphatic carbocycles. The molecule has 1 aromatic rings. The molecule has 19 heavy (non-hydrogen) atoms. The zero-order valence-electron chi connectivity index (χ0n) is 11.7. The molecule has 1 aromatic carbocycles. The van der Waals surface area contributed by atoms with Crippen LogP contribution in [0, 0.1) is 0 Å². The van der Waals surface area contributed by atoms with Crippen molar-refractivity contribution in [2.45, 2.75) is 25.4 Å². The van der Waals surface area contributed by atoms with Crippen molar-refractivity contribution in [3.8, 4) is 11.5 Å². The maximum absolute atomic E-state index is 5.43. The van der Waals surface area contributed by atoms with Crippen molar-refractivity contribution in [1.29, 1.82) is 0 Å². The van der Waals surface area contributed by atoms with Crippen LogP contribution in [0.1, 0.15) is 18.9 Å². The summed E-state index contributed by atoms with van der Waals surface area (Å²) >= 11 is 3.47. The minimum absolute atomic E-state index is 0.158. The highest BCUT2D eigenvalue weighted by Crippen LogP contribution is 2.33. The van der Waals surface area contributed by atoms with Crippen molar-refractivity contribution in [2.75, 3.05) is 27.3 Å². The number of methoxy groups -OCH3 is 2. The predicted molar refractivity (Wildman–Crippen MR) is 80.0 cm³/mol. The summed E-state index contributed by atoms with van der Waals surface area (Å²) in [4.78, 5) is 0. The van der Waals surface area contributed by atoms with Crippen molar-refractivity contribution >= 4 is 15.9 Å². The van der Waals surface area contributed by atoms with Crippen LogP contribution in [0.3, 0.4) is 0 Å². The average molecular weight is 329 g/mol. The largest absolute Gasteiger partial charge is 0.496 e. The normalized spacial score (nSPS) is 22.5. The molecule has 1 aliphatic heterocycles. The first-order chi connectivity index (χ1) is 9.08. The molecule has 2 rings (SSSR count). The lowest BCUT2D eigenvalue weighted by molar-refractivity contribution is 0.368. The van der Waals surface area contributed by atoms with Gasteiger partial charge >= 0.3 is 0 Å². The minimum Gasteiger partial charge on any atom is -0.496 e. The van der Waals surface area contributed by atoms with Gasteiger partial charge in [0.2, 0.25) is 0 Å². The Kier molecular flexibility index (Phi) is 4.71. The molecule has 0 bridgehead atoms. The van der Waals surface area contributed by atoms with Gasteiger partial charge in [-0.15, -0.1) is 0 Å². The molecule has 0 spiro atoms. The van der Waals surface area contributed by atoms with Crippen LogP contribution in [0.2, 0.25) is 0 Å². The standard InChI is InChI=1S/C14H21BrN2O2/c1-14(4-5-16-9-14)17-8-10-6-13(19-3)11(15)7-12(10)18-2/h6-7,16-17H,4-5,8-9H2,1-3H3. The van der Waals surface area contributed by atoms with Crippen LogP contribution >= 0.6 is 15.9 Å². The molecule has 106 valence electrons. The van der Waals surface area contributed by atoms with E-state index in [4.69, 9.17) is 9.47 Å². The monoisotopic (exact) mass is 328 g/mol. The molecular weight excluding hydrogens is 308 g/mol. The quantitative estimate of drug-likeness (QED) is 0.870. The van der Waals surface area contributed by atoms with E-state index >= 15 is 0 Å². The molecule has 1 fully saturated rings. The van der Waals surface area contributed by atoms with Crippen LogP contribution in [0.4, 0.5) is 0 Å². The molecule has 5 heteroatoms. The van der Waals surface area contributed by atoms with Crippen molar-refractivity contribution in [3.05, 3.63) is 22.2 Å². The van der Waals surface area contributed by atoms with Gasteiger partial charge in [-0.1, -0.05) is 0 Å². The summed E-state index contributed by atoms with van der Waals surface area (Å²) in [6, 6.07) is 3.97. The number of halogens is 1. The third-order valence-corrected chi connectivity index (χ3v) is 4.25. The van der Waals surface area contributed by atoms with Gasteiger partial charge in [0.05, 0.1) is 18.7 Å². The summed E-state index contributed by atoms with van der Waals surface area (Å²) in [5, 5.41) is 6.99. The van der Waals surface area contributed by atoms with E-state index in [1.807, 2.05) is 12.1 Å². The van der Waals surface area contributed by atoms with Gasteiger partial charge in [0.15, 0.2) is 0 Å². The molecule has 2 N–H and O–H groups in total. The van der Waals surface area contributed by atoms with E-state index in [1.165, 1.54) is 0 Å². The van der Waals surface area contributed by atoms with E-state index < -0.39 is 0 Å². The lowest BCUT2D eigenvalue weighted by Crippen LogP contribution is -2.43. The Morgan fingerprint density at radius 3 is 2.63 bits per heavy atom. The fourth-order valence-electron chi connectivity index (χ4n) is 2.34. The summed E-state index contributed by atoms with van der Waals surface area (Å²) in [5.41, 5.74) is 1.27. The minimum atomic E-state index is 0.158. The van der Waals surface area contributed by atoms with Crippen LogP contribution < -0.4 is 20.1 Å². The lowest BCUT2D eigenvalue weighted by atomic mass is 10.0. The van der Waals surface area contributed by atoms with Gasteiger partial charge in [0, 0.05) is 24.2 Å². The molecule has 1 aliphatic rings. The van der Waals surface area contributed by atoms with Crippen molar-refractivity contribution in [3.63, 3.8) is 0 Å². The Balaban J connectivity index is 2.14. The van der Waals surface area contributed by atoms with Crippen LogP contribution in [0.15, 0.2) is 16.6 Å². The zero-order valence-corrected chi connectivity index (χ0v) is 13.3. The van der Waals surface area contributed by atoms with Gasteiger partial charge in [-0.3, -0.25) is 0 Å². The first kappa shape index (κ1) is 14.6. The Bertz CT molecular complexity index is 445. The molecule has 1 unspecified atom stereocenters. The molecule has 0 amide bonds. The lowest BCUT2D eigenvalue weighted by Gasteiger charge is -2.25. The zero-order chi connectivity index (χ0) is 13.9. The molecule has 0 saturated carbocycles. The number of hydrogen-bond donors (Lipinski definition) is 2. The van der Waals surface area contributed by atoms with E-state index in [1.54, 1.807) is 14.2 Å². The summed E-state index contributed by atoms with van der Waals surface area (Å²) in [6.07, 6.45) is 1.14. The summed E-state index contributed by atoms with van der Waals surface area (Å²) in [6.45, 7) is 5.09. The summed E-state index contributed by atoms with van der Waals surface area (Å²) < 4.78 is 11.7. The number of benzene rings is 1. The van der Waals surface area contributed by atoms with E-state index in [0.717, 1.165) is 47.6 Å². The van der Waals surface area contributed by atoms with Crippen LogP contribution in [0.25, 0.3) is 0 Å². The molecule has 1 saturated heterocycles. The summed E-state index contributed by atoms with van der Waals surface area (Å²) in [5.74, 6) is 1.70. The smallest absolute Gasteiger partial charge is 0.133 e. The molecule has 4 nitrogen and oxygen atoms in total. The highest BCUT2D eigenvalue weighted by molar-refractivity contribution is 9.10. The topological polar surface area (TPSA) is 42.5 Å². The SMILES string of the molecule is COc1cc(CNC2(C)CCNC2)c(OC)cc1Br. The van der Waals surface area contributed by atoms with Crippen LogP contribution in [-0.4, -0.2) is 32.8 Å². The maximum Gasteiger partial charge on any atom is 0.133 e. The second-order valence-corrected chi connectivity index (χ2v) is 5.99. The van der Waals surface area contributed by atoms with E-state index in [-0.39, 0.29) is 5.54 Å².